The lowest BCUT2D eigenvalue weighted by Gasteiger charge is -2.08. The lowest BCUT2D eigenvalue weighted by Crippen LogP contribution is -2.10. The molecule has 3 rings (SSSR count). The minimum atomic E-state index is 0.585. The van der Waals surface area contributed by atoms with Gasteiger partial charge in [-0.1, -0.05) is 18.7 Å². The molecule has 0 unspecified atom stereocenters. The largest absolute Gasteiger partial charge is 0.350 e. The fraction of sp³-hybridized carbons (Fsp3) is 0.308. The SMILES string of the molecule is CCc1cnn2c(NCc3cncnc3)nc(SC)nc12. The fourth-order valence-corrected chi connectivity index (χ4v) is 2.32. The van der Waals surface area contributed by atoms with Crippen molar-refractivity contribution >= 4 is 23.4 Å². The van der Waals surface area contributed by atoms with Crippen molar-refractivity contribution in [1.82, 2.24) is 29.5 Å². The number of anilines is 1. The van der Waals surface area contributed by atoms with Crippen LogP contribution >= 0.6 is 11.8 Å². The predicted octanol–water partition coefficient (Wildman–Crippen LogP) is 1.81. The number of thioether (sulfide) groups is 1. The van der Waals surface area contributed by atoms with Crippen LogP contribution in [0, 0.1) is 0 Å². The van der Waals surface area contributed by atoms with E-state index < -0.39 is 0 Å². The van der Waals surface area contributed by atoms with Gasteiger partial charge in [-0.05, 0) is 12.7 Å². The summed E-state index contributed by atoms with van der Waals surface area (Å²) in [6, 6.07) is 0. The van der Waals surface area contributed by atoms with Crippen molar-refractivity contribution in [3.63, 3.8) is 0 Å². The van der Waals surface area contributed by atoms with Crippen LogP contribution in [0.5, 0.6) is 0 Å². The molecule has 108 valence electrons. The van der Waals surface area contributed by atoms with Crippen LogP contribution in [0.1, 0.15) is 18.1 Å². The van der Waals surface area contributed by atoms with E-state index in [0.29, 0.717) is 12.5 Å². The van der Waals surface area contributed by atoms with Crippen molar-refractivity contribution in [2.45, 2.75) is 25.0 Å². The Bertz CT molecular complexity index is 741. The average molecular weight is 301 g/mol. The van der Waals surface area contributed by atoms with Gasteiger partial charge < -0.3 is 5.32 Å². The minimum Gasteiger partial charge on any atom is -0.350 e. The van der Waals surface area contributed by atoms with Gasteiger partial charge in [0.1, 0.15) is 6.33 Å². The number of aromatic nitrogens is 6. The van der Waals surface area contributed by atoms with Gasteiger partial charge >= 0.3 is 0 Å². The number of hydrogen-bond donors (Lipinski definition) is 1. The number of rotatable bonds is 5. The van der Waals surface area contributed by atoms with Crippen molar-refractivity contribution < 1.29 is 0 Å². The first-order valence-electron chi connectivity index (χ1n) is 6.58. The molecule has 0 bridgehead atoms. The van der Waals surface area contributed by atoms with Gasteiger partial charge in [0, 0.05) is 30.1 Å². The van der Waals surface area contributed by atoms with Crippen molar-refractivity contribution in [1.29, 1.82) is 0 Å². The normalized spacial score (nSPS) is 11.0. The molecule has 0 spiro atoms. The Balaban J connectivity index is 1.95. The van der Waals surface area contributed by atoms with Crippen molar-refractivity contribution in [3.05, 3.63) is 36.0 Å². The summed E-state index contributed by atoms with van der Waals surface area (Å²) in [4.78, 5) is 17.0. The zero-order valence-electron chi connectivity index (χ0n) is 11.8. The second-order valence-corrected chi connectivity index (χ2v) is 5.17. The average Bonchev–Trinajstić information content (AvgIpc) is 2.96. The summed E-state index contributed by atoms with van der Waals surface area (Å²) in [5.41, 5.74) is 2.94. The van der Waals surface area contributed by atoms with E-state index in [1.165, 1.54) is 18.1 Å². The zero-order chi connectivity index (χ0) is 14.7. The summed E-state index contributed by atoms with van der Waals surface area (Å²) in [5.74, 6) is 0.674. The van der Waals surface area contributed by atoms with Gasteiger partial charge in [-0.25, -0.2) is 15.0 Å². The van der Waals surface area contributed by atoms with E-state index in [2.05, 4.69) is 37.3 Å². The number of nitrogens with one attached hydrogen (secondary N) is 1. The van der Waals surface area contributed by atoms with Gasteiger partial charge in [0.2, 0.25) is 5.95 Å². The molecule has 0 saturated heterocycles. The van der Waals surface area contributed by atoms with Gasteiger partial charge in [-0.2, -0.15) is 14.6 Å². The van der Waals surface area contributed by atoms with Crippen molar-refractivity contribution in [2.24, 2.45) is 0 Å². The maximum Gasteiger partial charge on any atom is 0.228 e. The van der Waals surface area contributed by atoms with E-state index in [-0.39, 0.29) is 0 Å². The van der Waals surface area contributed by atoms with Crippen LogP contribution in [0.2, 0.25) is 0 Å². The predicted molar refractivity (Wildman–Crippen MR) is 81.3 cm³/mol. The molecule has 0 aliphatic carbocycles. The third-order valence-electron chi connectivity index (χ3n) is 3.05. The first kappa shape index (κ1) is 13.7. The molecule has 0 aliphatic rings. The standard InChI is InChI=1S/C13H15N7S/c1-3-10-7-17-20-11(10)18-13(21-2)19-12(20)16-6-9-4-14-8-15-5-9/h4-5,7-8H,3,6H2,1-2H3,(H,16,18,19). The highest BCUT2D eigenvalue weighted by Crippen LogP contribution is 2.18. The summed E-state index contributed by atoms with van der Waals surface area (Å²) in [7, 11) is 0. The molecule has 0 radical (unpaired) electrons. The Kier molecular flexibility index (Phi) is 3.96. The van der Waals surface area contributed by atoms with E-state index >= 15 is 0 Å². The molecule has 3 aromatic heterocycles. The molecule has 0 saturated carbocycles. The topological polar surface area (TPSA) is 80.9 Å². The molecule has 0 fully saturated rings. The highest BCUT2D eigenvalue weighted by molar-refractivity contribution is 7.98. The van der Waals surface area contributed by atoms with Crippen molar-refractivity contribution in [2.75, 3.05) is 11.6 Å². The lowest BCUT2D eigenvalue weighted by molar-refractivity contribution is 0.828. The smallest absolute Gasteiger partial charge is 0.228 e. The van der Waals surface area contributed by atoms with E-state index in [1.54, 1.807) is 16.9 Å². The first-order chi connectivity index (χ1) is 10.3. The van der Waals surface area contributed by atoms with Crippen LogP contribution in [0.15, 0.2) is 30.1 Å². The van der Waals surface area contributed by atoms with Crippen LogP contribution in [-0.2, 0) is 13.0 Å². The number of aryl methyl sites for hydroxylation is 1. The summed E-state index contributed by atoms with van der Waals surface area (Å²) < 4.78 is 1.74. The molecular formula is C13H15N7S. The van der Waals surface area contributed by atoms with E-state index in [4.69, 9.17) is 0 Å². The minimum absolute atomic E-state index is 0.585. The number of fused-ring (bicyclic) bond motifs is 1. The van der Waals surface area contributed by atoms with Gasteiger partial charge in [0.15, 0.2) is 10.8 Å². The molecule has 21 heavy (non-hydrogen) atoms. The second-order valence-electron chi connectivity index (χ2n) is 4.39. The lowest BCUT2D eigenvalue weighted by atomic mass is 10.3. The molecule has 0 aliphatic heterocycles. The molecule has 3 aromatic rings. The number of hydrogen-bond acceptors (Lipinski definition) is 7. The number of nitrogens with zero attached hydrogens (tertiary/aromatic N) is 6. The summed E-state index contributed by atoms with van der Waals surface area (Å²) >= 11 is 1.51. The van der Waals surface area contributed by atoms with Crippen molar-refractivity contribution in [3.8, 4) is 0 Å². The highest BCUT2D eigenvalue weighted by Gasteiger charge is 2.11. The molecule has 0 atom stereocenters. The Morgan fingerprint density at radius 3 is 2.71 bits per heavy atom. The highest BCUT2D eigenvalue weighted by atomic mass is 32.2. The fourth-order valence-electron chi connectivity index (χ4n) is 1.96. The Morgan fingerprint density at radius 1 is 1.19 bits per heavy atom. The van der Waals surface area contributed by atoms with Crippen LogP contribution < -0.4 is 5.32 Å². The first-order valence-corrected chi connectivity index (χ1v) is 7.80. The summed E-state index contributed by atoms with van der Waals surface area (Å²) in [6.45, 7) is 2.67. The molecule has 8 heteroatoms. The third kappa shape index (κ3) is 2.80. The van der Waals surface area contributed by atoms with E-state index in [1.807, 2.05) is 12.5 Å². The van der Waals surface area contributed by atoms with Gasteiger partial charge in [0.25, 0.3) is 0 Å². The molecule has 1 N–H and O–H groups in total. The maximum atomic E-state index is 4.53. The summed E-state index contributed by atoms with van der Waals surface area (Å²) in [5, 5.41) is 8.36. The Hall–Kier alpha value is -2.22. The molecule has 7 nitrogen and oxygen atoms in total. The van der Waals surface area contributed by atoms with E-state index in [9.17, 15) is 0 Å². The Labute approximate surface area is 126 Å². The van der Waals surface area contributed by atoms with Gasteiger partial charge in [-0.15, -0.1) is 0 Å². The Morgan fingerprint density at radius 2 is 2.00 bits per heavy atom. The monoisotopic (exact) mass is 301 g/mol. The van der Waals surface area contributed by atoms with Crippen LogP contribution in [0.25, 0.3) is 5.65 Å². The molecular weight excluding hydrogens is 286 g/mol. The van der Waals surface area contributed by atoms with Crippen LogP contribution in [0.4, 0.5) is 5.95 Å². The second kappa shape index (κ2) is 6.04. The maximum absolute atomic E-state index is 4.53. The van der Waals surface area contributed by atoms with Gasteiger partial charge in [-0.3, -0.25) is 0 Å². The van der Waals surface area contributed by atoms with E-state index in [0.717, 1.165) is 28.4 Å². The molecule has 0 aromatic carbocycles. The molecule has 3 heterocycles. The third-order valence-corrected chi connectivity index (χ3v) is 3.60. The van der Waals surface area contributed by atoms with Crippen LogP contribution in [0.3, 0.4) is 0 Å². The molecule has 0 amide bonds. The zero-order valence-corrected chi connectivity index (χ0v) is 12.6. The summed E-state index contributed by atoms with van der Waals surface area (Å²) in [6.07, 6.45) is 9.75. The van der Waals surface area contributed by atoms with Crippen LogP contribution in [-0.4, -0.2) is 35.8 Å². The quantitative estimate of drug-likeness (QED) is 0.720. The van der Waals surface area contributed by atoms with Gasteiger partial charge in [0.05, 0.1) is 6.20 Å².